The van der Waals surface area contributed by atoms with Crippen LogP contribution in [0.15, 0.2) is 24.3 Å². The fourth-order valence-electron chi connectivity index (χ4n) is 1.58. The van der Waals surface area contributed by atoms with Crippen LogP contribution in [0.2, 0.25) is 0 Å². The predicted octanol–water partition coefficient (Wildman–Crippen LogP) is 1.74. The Morgan fingerprint density at radius 1 is 1.12 bits per heavy atom. The van der Waals surface area contributed by atoms with Gasteiger partial charge in [0.2, 0.25) is 0 Å². The van der Waals surface area contributed by atoms with Gasteiger partial charge in [0.05, 0.1) is 7.11 Å². The lowest BCUT2D eigenvalue weighted by molar-refractivity contribution is 0.414. The van der Waals surface area contributed by atoms with Gasteiger partial charge in [0, 0.05) is 24.1 Å². The Labute approximate surface area is 108 Å². The summed E-state index contributed by atoms with van der Waals surface area (Å²) in [7, 11) is 5.69. The van der Waals surface area contributed by atoms with Gasteiger partial charge in [0.15, 0.2) is 0 Å². The molecule has 0 fully saturated rings. The van der Waals surface area contributed by atoms with E-state index in [9.17, 15) is 0 Å². The molecule has 0 radical (unpaired) electrons. The monoisotopic (exact) mass is 254 g/mol. The zero-order valence-electron chi connectivity index (χ0n) is 10.8. The van der Waals surface area contributed by atoms with Gasteiger partial charge in [0.25, 0.3) is 0 Å². The molecule has 17 heavy (non-hydrogen) atoms. The summed E-state index contributed by atoms with van der Waals surface area (Å²) in [5, 5.41) is 7.06. The molecule has 2 N–H and O–H groups in total. The molecule has 0 aliphatic rings. The fraction of sp³-hybridized carbons (Fsp3) is 0.538. The molecule has 0 saturated heterocycles. The third-order valence-electron chi connectivity index (χ3n) is 2.51. The van der Waals surface area contributed by atoms with Crippen LogP contribution < -0.4 is 15.4 Å². The Morgan fingerprint density at radius 3 is 2.18 bits per heavy atom. The van der Waals surface area contributed by atoms with Gasteiger partial charge in [-0.2, -0.15) is 11.8 Å². The third kappa shape index (κ3) is 5.44. The number of methoxy groups -OCH3 is 1. The van der Waals surface area contributed by atoms with Crippen LogP contribution in [0.4, 0.5) is 0 Å². The van der Waals surface area contributed by atoms with Crippen LogP contribution in [0.5, 0.6) is 5.75 Å². The second kappa shape index (κ2) is 8.39. The van der Waals surface area contributed by atoms with Crippen molar-refractivity contribution in [1.82, 2.24) is 10.6 Å². The van der Waals surface area contributed by atoms with Crippen LogP contribution in [-0.4, -0.2) is 39.5 Å². The Morgan fingerprint density at radius 2 is 1.71 bits per heavy atom. The maximum absolute atomic E-state index is 5.15. The molecule has 3 nitrogen and oxygen atoms in total. The van der Waals surface area contributed by atoms with E-state index in [4.69, 9.17) is 4.74 Å². The minimum Gasteiger partial charge on any atom is -0.497 e. The lowest BCUT2D eigenvalue weighted by atomic mass is 10.2. The highest BCUT2D eigenvalue weighted by Crippen LogP contribution is 2.19. The van der Waals surface area contributed by atoms with Crippen LogP contribution in [0.1, 0.15) is 5.56 Å². The number of nitrogens with one attached hydrogen (secondary N) is 2. The average Bonchev–Trinajstić information content (AvgIpc) is 2.37. The van der Waals surface area contributed by atoms with E-state index in [-0.39, 0.29) is 0 Å². The van der Waals surface area contributed by atoms with Gasteiger partial charge in [-0.3, -0.25) is 0 Å². The first-order chi connectivity index (χ1) is 8.30. The molecule has 0 saturated carbocycles. The molecule has 0 aliphatic heterocycles. The number of thioether (sulfide) groups is 1. The quantitative estimate of drug-likeness (QED) is 0.740. The first-order valence-corrected chi connectivity index (χ1v) is 6.88. The molecule has 0 heterocycles. The zero-order valence-corrected chi connectivity index (χ0v) is 11.6. The van der Waals surface area contributed by atoms with Crippen LogP contribution >= 0.6 is 11.8 Å². The standard InChI is InChI=1S/C13H22N2OS/c1-14-8-13(9-15-2)17-10-11-4-6-12(16-3)7-5-11/h4-7,13-15H,8-10H2,1-3H3. The molecule has 0 atom stereocenters. The normalized spacial score (nSPS) is 10.8. The van der Waals surface area contributed by atoms with Crippen molar-refractivity contribution in [2.45, 2.75) is 11.0 Å². The number of rotatable bonds is 8. The first-order valence-electron chi connectivity index (χ1n) is 5.84. The molecule has 0 aliphatic carbocycles. The summed E-state index contributed by atoms with van der Waals surface area (Å²) >= 11 is 1.97. The van der Waals surface area contributed by atoms with E-state index in [2.05, 4.69) is 22.8 Å². The third-order valence-corrected chi connectivity index (χ3v) is 3.81. The Kier molecular flexibility index (Phi) is 7.08. The largest absolute Gasteiger partial charge is 0.497 e. The van der Waals surface area contributed by atoms with E-state index in [1.54, 1.807) is 7.11 Å². The second-order valence-corrected chi connectivity index (χ2v) is 5.19. The number of ether oxygens (including phenoxy) is 1. The topological polar surface area (TPSA) is 33.3 Å². The molecule has 0 aromatic heterocycles. The highest BCUT2D eigenvalue weighted by molar-refractivity contribution is 7.99. The van der Waals surface area contributed by atoms with Crippen LogP contribution in [0, 0.1) is 0 Å². The molecule has 96 valence electrons. The fourth-order valence-corrected chi connectivity index (χ4v) is 2.77. The van der Waals surface area contributed by atoms with Crippen molar-refractivity contribution in [3.05, 3.63) is 29.8 Å². The molecule has 0 unspecified atom stereocenters. The van der Waals surface area contributed by atoms with Gasteiger partial charge in [0.1, 0.15) is 5.75 Å². The van der Waals surface area contributed by atoms with E-state index in [0.29, 0.717) is 5.25 Å². The molecule has 0 bridgehead atoms. The van der Waals surface area contributed by atoms with E-state index < -0.39 is 0 Å². The number of hydrogen-bond acceptors (Lipinski definition) is 4. The highest BCUT2D eigenvalue weighted by Gasteiger charge is 2.07. The molecular weight excluding hydrogens is 232 g/mol. The Bertz CT molecular complexity index is 297. The maximum atomic E-state index is 5.15. The summed E-state index contributed by atoms with van der Waals surface area (Å²) in [5.74, 6) is 1.96. The summed E-state index contributed by atoms with van der Waals surface area (Å²) in [5.41, 5.74) is 1.34. The maximum Gasteiger partial charge on any atom is 0.118 e. The van der Waals surface area contributed by atoms with E-state index in [1.165, 1.54) is 5.56 Å². The lowest BCUT2D eigenvalue weighted by Crippen LogP contribution is -2.30. The van der Waals surface area contributed by atoms with Crippen LogP contribution in [-0.2, 0) is 5.75 Å². The minimum absolute atomic E-state index is 0.604. The first kappa shape index (κ1) is 14.4. The molecular formula is C13H22N2OS. The summed E-state index contributed by atoms with van der Waals surface area (Å²) in [4.78, 5) is 0. The molecule has 4 heteroatoms. The SMILES string of the molecule is CNCC(CNC)SCc1ccc(OC)cc1. The Hall–Kier alpha value is -0.710. The predicted molar refractivity (Wildman–Crippen MR) is 75.9 cm³/mol. The van der Waals surface area contributed by atoms with Crippen molar-refractivity contribution < 1.29 is 4.74 Å². The number of benzene rings is 1. The molecule has 0 amide bonds. The van der Waals surface area contributed by atoms with E-state index in [1.807, 2.05) is 38.0 Å². The molecule has 1 aromatic carbocycles. The van der Waals surface area contributed by atoms with Gasteiger partial charge in [-0.1, -0.05) is 12.1 Å². The summed E-state index contributed by atoms with van der Waals surface area (Å²) in [6, 6.07) is 8.28. The van der Waals surface area contributed by atoms with E-state index in [0.717, 1.165) is 24.6 Å². The summed E-state index contributed by atoms with van der Waals surface area (Å²) in [6.45, 7) is 2.06. The number of hydrogen-bond donors (Lipinski definition) is 2. The van der Waals surface area contributed by atoms with Gasteiger partial charge < -0.3 is 15.4 Å². The van der Waals surface area contributed by atoms with Gasteiger partial charge in [-0.25, -0.2) is 0 Å². The smallest absolute Gasteiger partial charge is 0.118 e. The van der Waals surface area contributed by atoms with Crippen LogP contribution in [0.3, 0.4) is 0 Å². The molecule has 0 spiro atoms. The lowest BCUT2D eigenvalue weighted by Gasteiger charge is -2.15. The van der Waals surface area contributed by atoms with Gasteiger partial charge >= 0.3 is 0 Å². The summed E-state index contributed by atoms with van der Waals surface area (Å²) in [6.07, 6.45) is 0. The zero-order chi connectivity index (χ0) is 12.5. The van der Waals surface area contributed by atoms with Gasteiger partial charge in [-0.05, 0) is 31.8 Å². The van der Waals surface area contributed by atoms with Crippen molar-refractivity contribution in [3.8, 4) is 5.75 Å². The highest BCUT2D eigenvalue weighted by atomic mass is 32.2. The van der Waals surface area contributed by atoms with Gasteiger partial charge in [-0.15, -0.1) is 0 Å². The Balaban J connectivity index is 2.41. The van der Waals surface area contributed by atoms with E-state index >= 15 is 0 Å². The molecule has 1 rings (SSSR count). The van der Waals surface area contributed by atoms with Crippen molar-refractivity contribution in [2.75, 3.05) is 34.3 Å². The van der Waals surface area contributed by atoms with Crippen LogP contribution in [0.25, 0.3) is 0 Å². The van der Waals surface area contributed by atoms with Crippen molar-refractivity contribution >= 4 is 11.8 Å². The summed E-state index contributed by atoms with van der Waals surface area (Å²) < 4.78 is 5.15. The van der Waals surface area contributed by atoms with Crippen molar-refractivity contribution in [1.29, 1.82) is 0 Å². The minimum atomic E-state index is 0.604. The van der Waals surface area contributed by atoms with Crippen molar-refractivity contribution in [2.24, 2.45) is 0 Å². The molecule has 1 aromatic rings. The average molecular weight is 254 g/mol. The van der Waals surface area contributed by atoms with Crippen molar-refractivity contribution in [3.63, 3.8) is 0 Å². The second-order valence-electron chi connectivity index (χ2n) is 3.90.